The number of imidazole rings is 1. The van der Waals surface area contributed by atoms with Gasteiger partial charge in [-0.1, -0.05) is 12.1 Å². The van der Waals surface area contributed by atoms with E-state index in [0.717, 1.165) is 11.0 Å². The summed E-state index contributed by atoms with van der Waals surface area (Å²) >= 11 is 0. The van der Waals surface area contributed by atoms with Crippen molar-refractivity contribution in [2.75, 3.05) is 5.32 Å². The lowest BCUT2D eigenvalue weighted by Gasteiger charge is -2.14. The highest BCUT2D eigenvalue weighted by molar-refractivity contribution is 5.77. The zero-order valence-electron chi connectivity index (χ0n) is 9.17. The minimum Gasteiger partial charge on any atom is -0.353 e. The van der Waals surface area contributed by atoms with Crippen LogP contribution in [0.3, 0.4) is 0 Å². The molecule has 6 heteroatoms. The molecular formula is C11H12F3N3. The van der Waals surface area contributed by atoms with E-state index in [9.17, 15) is 13.2 Å². The minimum absolute atomic E-state index is 0.364. The van der Waals surface area contributed by atoms with Crippen molar-refractivity contribution < 1.29 is 13.2 Å². The summed E-state index contributed by atoms with van der Waals surface area (Å²) < 4.78 is 36.4. The van der Waals surface area contributed by atoms with Gasteiger partial charge in [0.2, 0.25) is 5.95 Å². The van der Waals surface area contributed by atoms with Crippen molar-refractivity contribution in [3.63, 3.8) is 0 Å². The molecule has 1 atom stereocenters. The highest BCUT2D eigenvalue weighted by atomic mass is 19.4. The van der Waals surface area contributed by atoms with Crippen LogP contribution in [0.5, 0.6) is 0 Å². The van der Waals surface area contributed by atoms with Gasteiger partial charge in [-0.15, -0.1) is 0 Å². The number of H-pyrrole nitrogens is 1. The van der Waals surface area contributed by atoms with Gasteiger partial charge in [0, 0.05) is 6.04 Å². The zero-order valence-corrected chi connectivity index (χ0v) is 9.17. The number of anilines is 1. The number of hydrogen-bond donors (Lipinski definition) is 2. The van der Waals surface area contributed by atoms with Crippen LogP contribution in [0.4, 0.5) is 19.1 Å². The summed E-state index contributed by atoms with van der Waals surface area (Å²) in [6.45, 7) is 1.47. The first-order chi connectivity index (χ1) is 7.94. The minimum atomic E-state index is -4.17. The molecule has 0 bridgehead atoms. The average molecular weight is 243 g/mol. The van der Waals surface area contributed by atoms with Gasteiger partial charge in [-0.3, -0.25) is 0 Å². The van der Waals surface area contributed by atoms with Gasteiger partial charge in [0.1, 0.15) is 0 Å². The first-order valence-electron chi connectivity index (χ1n) is 5.22. The van der Waals surface area contributed by atoms with Crippen LogP contribution < -0.4 is 5.32 Å². The normalized spacial score (nSPS) is 13.9. The van der Waals surface area contributed by atoms with E-state index in [-0.39, 0.29) is 0 Å². The Morgan fingerprint density at radius 2 is 2.06 bits per heavy atom. The third kappa shape index (κ3) is 3.12. The molecule has 0 saturated carbocycles. The maximum Gasteiger partial charge on any atom is 0.391 e. The number of nitrogens with one attached hydrogen (secondary N) is 2. The maximum absolute atomic E-state index is 12.1. The number of hydrogen-bond acceptors (Lipinski definition) is 2. The molecule has 2 aromatic rings. The molecular weight excluding hydrogens is 231 g/mol. The van der Waals surface area contributed by atoms with Crippen LogP contribution in [-0.4, -0.2) is 22.2 Å². The van der Waals surface area contributed by atoms with E-state index in [0.29, 0.717) is 5.95 Å². The van der Waals surface area contributed by atoms with E-state index in [1.165, 1.54) is 6.92 Å². The second-order valence-corrected chi connectivity index (χ2v) is 3.97. The largest absolute Gasteiger partial charge is 0.391 e. The summed E-state index contributed by atoms with van der Waals surface area (Å²) in [5.74, 6) is 0.364. The Kier molecular flexibility index (Phi) is 2.95. The van der Waals surface area contributed by atoms with E-state index in [2.05, 4.69) is 15.3 Å². The van der Waals surface area contributed by atoms with Gasteiger partial charge in [0.05, 0.1) is 17.5 Å². The van der Waals surface area contributed by atoms with Gasteiger partial charge < -0.3 is 10.3 Å². The number of nitrogens with zero attached hydrogens (tertiary/aromatic N) is 1. The third-order valence-electron chi connectivity index (χ3n) is 2.31. The summed E-state index contributed by atoms with van der Waals surface area (Å²) in [6, 6.07) is 6.57. The SMILES string of the molecule is CC(CC(F)(F)F)Nc1nc2ccccc2[nH]1. The van der Waals surface area contributed by atoms with Crippen molar-refractivity contribution in [2.45, 2.75) is 25.6 Å². The highest BCUT2D eigenvalue weighted by Crippen LogP contribution is 2.23. The van der Waals surface area contributed by atoms with Gasteiger partial charge >= 0.3 is 6.18 Å². The molecule has 1 heterocycles. The van der Waals surface area contributed by atoms with Crippen molar-refractivity contribution in [3.8, 4) is 0 Å². The molecule has 0 radical (unpaired) electrons. The Bertz CT molecular complexity index is 471. The quantitative estimate of drug-likeness (QED) is 0.868. The average Bonchev–Trinajstić information content (AvgIpc) is 2.55. The number of halogens is 3. The molecule has 1 aromatic heterocycles. The molecule has 0 aliphatic carbocycles. The van der Waals surface area contributed by atoms with Crippen molar-refractivity contribution in [2.24, 2.45) is 0 Å². The summed E-state index contributed by atoms with van der Waals surface area (Å²) in [5, 5.41) is 2.70. The maximum atomic E-state index is 12.1. The monoisotopic (exact) mass is 243 g/mol. The van der Waals surface area contributed by atoms with Crippen LogP contribution >= 0.6 is 0 Å². The van der Waals surface area contributed by atoms with Crippen LogP contribution in [0.25, 0.3) is 11.0 Å². The smallest absolute Gasteiger partial charge is 0.353 e. The van der Waals surface area contributed by atoms with Crippen LogP contribution in [0, 0.1) is 0 Å². The lowest BCUT2D eigenvalue weighted by molar-refractivity contribution is -0.136. The van der Waals surface area contributed by atoms with Gasteiger partial charge in [-0.25, -0.2) is 4.98 Å². The Hall–Kier alpha value is -1.72. The van der Waals surface area contributed by atoms with E-state index in [1.54, 1.807) is 6.07 Å². The number of aromatic nitrogens is 2. The predicted octanol–water partition coefficient (Wildman–Crippen LogP) is 3.32. The summed E-state index contributed by atoms with van der Waals surface area (Å²) in [5.41, 5.74) is 1.53. The molecule has 2 N–H and O–H groups in total. The lowest BCUT2D eigenvalue weighted by Crippen LogP contribution is -2.24. The van der Waals surface area contributed by atoms with Crippen molar-refractivity contribution in [1.82, 2.24) is 9.97 Å². The molecule has 0 aliphatic heterocycles. The Labute approximate surface area is 96.0 Å². The van der Waals surface area contributed by atoms with Crippen molar-refractivity contribution in [3.05, 3.63) is 24.3 Å². The number of alkyl halides is 3. The van der Waals surface area contributed by atoms with Crippen LogP contribution in [-0.2, 0) is 0 Å². The van der Waals surface area contributed by atoms with Crippen LogP contribution in [0.2, 0.25) is 0 Å². The molecule has 1 unspecified atom stereocenters. The first kappa shape index (κ1) is 11.8. The molecule has 0 amide bonds. The lowest BCUT2D eigenvalue weighted by atomic mass is 10.2. The van der Waals surface area contributed by atoms with Gasteiger partial charge in [0.15, 0.2) is 0 Å². The molecule has 17 heavy (non-hydrogen) atoms. The molecule has 2 rings (SSSR count). The number of fused-ring (bicyclic) bond motifs is 1. The van der Waals surface area contributed by atoms with Crippen LogP contribution in [0.1, 0.15) is 13.3 Å². The number of benzene rings is 1. The van der Waals surface area contributed by atoms with Crippen molar-refractivity contribution >= 4 is 17.0 Å². The Balaban J connectivity index is 2.08. The van der Waals surface area contributed by atoms with E-state index in [4.69, 9.17) is 0 Å². The summed E-state index contributed by atoms with van der Waals surface area (Å²) in [7, 11) is 0. The second-order valence-electron chi connectivity index (χ2n) is 3.97. The van der Waals surface area contributed by atoms with Gasteiger partial charge in [0.25, 0.3) is 0 Å². The van der Waals surface area contributed by atoms with E-state index < -0.39 is 18.6 Å². The van der Waals surface area contributed by atoms with E-state index >= 15 is 0 Å². The summed E-state index contributed by atoms with van der Waals surface area (Å²) in [4.78, 5) is 7.07. The van der Waals surface area contributed by atoms with Gasteiger partial charge in [-0.05, 0) is 19.1 Å². The molecule has 0 fully saturated rings. The fraction of sp³-hybridized carbons (Fsp3) is 0.364. The van der Waals surface area contributed by atoms with Crippen LogP contribution in [0.15, 0.2) is 24.3 Å². The van der Waals surface area contributed by atoms with E-state index in [1.807, 2.05) is 18.2 Å². The second kappa shape index (κ2) is 4.27. The summed E-state index contributed by atoms with van der Waals surface area (Å²) in [6.07, 6.45) is -5.05. The standard InChI is InChI=1S/C11H12F3N3/c1-7(6-11(12,13)14)15-10-16-8-4-2-3-5-9(8)17-10/h2-5,7H,6H2,1H3,(H2,15,16,17). The topological polar surface area (TPSA) is 40.7 Å². The fourth-order valence-corrected chi connectivity index (χ4v) is 1.65. The van der Waals surface area contributed by atoms with Gasteiger partial charge in [-0.2, -0.15) is 13.2 Å². The molecule has 0 spiro atoms. The van der Waals surface area contributed by atoms with Crippen molar-refractivity contribution in [1.29, 1.82) is 0 Å². The Morgan fingerprint density at radius 3 is 2.71 bits per heavy atom. The number of aromatic amines is 1. The first-order valence-corrected chi connectivity index (χ1v) is 5.22. The molecule has 0 aliphatic rings. The fourth-order valence-electron chi connectivity index (χ4n) is 1.65. The Morgan fingerprint density at radius 1 is 1.35 bits per heavy atom. The molecule has 1 aromatic carbocycles. The molecule has 92 valence electrons. The molecule has 0 saturated heterocycles. The predicted molar refractivity (Wildman–Crippen MR) is 59.9 cm³/mol. The number of rotatable bonds is 3. The number of para-hydroxylation sites is 2. The highest BCUT2D eigenvalue weighted by Gasteiger charge is 2.30. The molecule has 3 nitrogen and oxygen atoms in total. The third-order valence-corrected chi connectivity index (χ3v) is 2.31. The zero-order chi connectivity index (χ0) is 12.5.